The highest BCUT2D eigenvalue weighted by atomic mass is 16.3. The zero-order chi connectivity index (χ0) is 14.6. The van der Waals surface area contributed by atoms with E-state index in [1.54, 1.807) is 0 Å². The number of hydrogen-bond acceptors (Lipinski definition) is 1. The van der Waals surface area contributed by atoms with Crippen LogP contribution in [0.3, 0.4) is 0 Å². The Labute approximate surface area is 121 Å². The number of aryl methyl sites for hydroxylation is 2. The fourth-order valence-electron chi connectivity index (χ4n) is 3.13. The molecule has 0 heterocycles. The van der Waals surface area contributed by atoms with E-state index < -0.39 is 0 Å². The monoisotopic (exact) mass is 270 g/mol. The van der Waals surface area contributed by atoms with Crippen molar-refractivity contribution in [1.82, 2.24) is 4.48 Å². The van der Waals surface area contributed by atoms with Crippen LogP contribution in [0.15, 0.2) is 48.5 Å². The molecule has 2 rings (SSSR count). The molecule has 2 aromatic rings. The van der Waals surface area contributed by atoms with Crippen molar-refractivity contribution in [2.45, 2.75) is 20.8 Å². The smallest absolute Gasteiger partial charge is 0.140 e. The van der Waals surface area contributed by atoms with E-state index in [-0.39, 0.29) is 6.61 Å². The van der Waals surface area contributed by atoms with Crippen molar-refractivity contribution in [3.63, 3.8) is 0 Å². The van der Waals surface area contributed by atoms with Gasteiger partial charge in [-0.2, -0.15) is 0 Å². The van der Waals surface area contributed by atoms with E-state index in [0.717, 1.165) is 6.54 Å². The van der Waals surface area contributed by atoms with Crippen LogP contribution in [0.1, 0.15) is 18.1 Å². The average molecular weight is 270 g/mol. The van der Waals surface area contributed by atoms with Crippen molar-refractivity contribution < 1.29 is 5.11 Å². The van der Waals surface area contributed by atoms with E-state index in [9.17, 15) is 5.11 Å². The number of aliphatic hydroxyl groups excluding tert-OH is 1. The number of benzene rings is 2. The number of likely N-dealkylation sites (N-methyl/N-ethyl adjacent to an activating group) is 1. The molecule has 0 unspecified atom stereocenters. The number of hydrogen-bond donors (Lipinski definition) is 1. The van der Waals surface area contributed by atoms with E-state index in [2.05, 4.69) is 69.3 Å². The maximum Gasteiger partial charge on any atom is 0.140 e. The lowest BCUT2D eigenvalue weighted by Crippen LogP contribution is -2.47. The summed E-state index contributed by atoms with van der Waals surface area (Å²) in [4.78, 5) is 0. The summed E-state index contributed by atoms with van der Waals surface area (Å²) in [6, 6.07) is 17.0. The molecule has 0 saturated heterocycles. The quantitative estimate of drug-likeness (QED) is 0.816. The summed E-state index contributed by atoms with van der Waals surface area (Å²) in [5.41, 5.74) is 5.09. The van der Waals surface area contributed by atoms with Crippen LogP contribution in [0.5, 0.6) is 0 Å². The molecule has 0 amide bonds. The standard InChI is InChI=1S/C18H24NO/c1-4-19(13-14-20,17-11-7-5-9-15(17)2)18-12-8-6-10-16(18)3/h5-12,20H,4,13-14H2,1-3H3/q+1. The molecule has 2 nitrogen and oxygen atoms in total. The third-order valence-corrected chi connectivity index (χ3v) is 4.17. The summed E-state index contributed by atoms with van der Waals surface area (Å²) < 4.78 is 0.704. The van der Waals surface area contributed by atoms with Crippen molar-refractivity contribution >= 4 is 11.4 Å². The van der Waals surface area contributed by atoms with Crippen LogP contribution in [-0.4, -0.2) is 24.8 Å². The van der Waals surface area contributed by atoms with E-state index in [1.807, 2.05) is 0 Å². The third kappa shape index (κ3) is 2.49. The molecule has 0 fully saturated rings. The maximum absolute atomic E-state index is 9.62. The molecule has 0 radical (unpaired) electrons. The molecular weight excluding hydrogens is 246 g/mol. The van der Waals surface area contributed by atoms with Gasteiger partial charge in [-0.1, -0.05) is 36.4 Å². The van der Waals surface area contributed by atoms with Gasteiger partial charge in [0.15, 0.2) is 0 Å². The normalized spacial score (nSPS) is 11.6. The summed E-state index contributed by atoms with van der Waals surface area (Å²) >= 11 is 0. The molecule has 0 bridgehead atoms. The summed E-state index contributed by atoms with van der Waals surface area (Å²) in [7, 11) is 0. The second-order valence-electron chi connectivity index (χ2n) is 5.30. The molecule has 0 aromatic heterocycles. The van der Waals surface area contributed by atoms with Crippen molar-refractivity contribution in [3.05, 3.63) is 59.7 Å². The van der Waals surface area contributed by atoms with Gasteiger partial charge in [-0.3, -0.25) is 4.48 Å². The van der Waals surface area contributed by atoms with Crippen LogP contribution in [-0.2, 0) is 0 Å². The number of para-hydroxylation sites is 2. The van der Waals surface area contributed by atoms with Gasteiger partial charge in [0.1, 0.15) is 17.9 Å². The van der Waals surface area contributed by atoms with Gasteiger partial charge in [-0.25, -0.2) is 0 Å². The largest absolute Gasteiger partial charge is 0.390 e. The van der Waals surface area contributed by atoms with Gasteiger partial charge in [0.05, 0.1) is 13.2 Å². The second kappa shape index (κ2) is 6.21. The van der Waals surface area contributed by atoms with Crippen molar-refractivity contribution in [2.75, 3.05) is 19.7 Å². The van der Waals surface area contributed by atoms with E-state index in [4.69, 9.17) is 0 Å². The number of quaternary nitrogens is 1. The Balaban J connectivity index is 2.69. The van der Waals surface area contributed by atoms with Crippen LogP contribution in [0.2, 0.25) is 0 Å². The fraction of sp³-hybridized carbons (Fsp3) is 0.333. The lowest BCUT2D eigenvalue weighted by molar-refractivity contribution is 0.244. The van der Waals surface area contributed by atoms with E-state index in [0.29, 0.717) is 11.0 Å². The second-order valence-corrected chi connectivity index (χ2v) is 5.30. The first-order valence-corrected chi connectivity index (χ1v) is 7.26. The minimum absolute atomic E-state index is 0.177. The first-order valence-electron chi connectivity index (χ1n) is 7.26. The highest BCUT2D eigenvalue weighted by Crippen LogP contribution is 2.38. The van der Waals surface area contributed by atoms with Crippen molar-refractivity contribution in [2.24, 2.45) is 0 Å². The van der Waals surface area contributed by atoms with Crippen LogP contribution in [0.4, 0.5) is 11.4 Å². The number of nitrogens with zero attached hydrogens (tertiary/aromatic N) is 1. The van der Waals surface area contributed by atoms with E-state index in [1.165, 1.54) is 22.5 Å². The minimum atomic E-state index is 0.177. The highest BCUT2D eigenvalue weighted by Gasteiger charge is 2.33. The maximum atomic E-state index is 9.62. The van der Waals surface area contributed by atoms with Gasteiger partial charge in [-0.15, -0.1) is 0 Å². The molecule has 0 aliphatic carbocycles. The molecular formula is C18H24NO+. The SMILES string of the molecule is CC[N+](CCO)(c1ccccc1C)c1ccccc1C. The molecule has 1 N–H and O–H groups in total. The molecule has 0 aliphatic rings. The van der Waals surface area contributed by atoms with Crippen LogP contribution >= 0.6 is 0 Å². The minimum Gasteiger partial charge on any atom is -0.390 e. The van der Waals surface area contributed by atoms with Gasteiger partial charge in [0.2, 0.25) is 0 Å². The number of aliphatic hydroxyl groups is 1. The Morgan fingerprint density at radius 2 is 1.30 bits per heavy atom. The summed E-state index contributed by atoms with van der Waals surface area (Å²) in [6.07, 6.45) is 0. The van der Waals surface area contributed by atoms with Crippen LogP contribution in [0.25, 0.3) is 0 Å². The Kier molecular flexibility index (Phi) is 4.58. The first-order chi connectivity index (χ1) is 9.65. The van der Waals surface area contributed by atoms with Gasteiger partial charge >= 0.3 is 0 Å². The molecule has 2 aromatic carbocycles. The first kappa shape index (κ1) is 14.8. The lowest BCUT2D eigenvalue weighted by Gasteiger charge is -2.38. The van der Waals surface area contributed by atoms with Crippen molar-refractivity contribution in [3.8, 4) is 0 Å². The summed E-state index contributed by atoms with van der Waals surface area (Å²) in [5, 5.41) is 9.62. The number of rotatable bonds is 5. The molecule has 0 saturated carbocycles. The van der Waals surface area contributed by atoms with Gasteiger partial charge in [0, 0.05) is 11.1 Å². The lowest BCUT2D eigenvalue weighted by atomic mass is 10.1. The fourth-order valence-corrected chi connectivity index (χ4v) is 3.13. The van der Waals surface area contributed by atoms with Gasteiger partial charge in [0.25, 0.3) is 0 Å². The molecule has 106 valence electrons. The summed E-state index contributed by atoms with van der Waals surface area (Å²) in [5.74, 6) is 0. The predicted octanol–water partition coefficient (Wildman–Crippen LogP) is 3.95. The average Bonchev–Trinajstić information content (AvgIpc) is 2.46. The Bertz CT molecular complexity index is 532. The zero-order valence-electron chi connectivity index (χ0n) is 12.6. The van der Waals surface area contributed by atoms with Crippen molar-refractivity contribution in [1.29, 1.82) is 0 Å². The topological polar surface area (TPSA) is 20.2 Å². The van der Waals surface area contributed by atoms with Gasteiger partial charge < -0.3 is 5.11 Å². The third-order valence-electron chi connectivity index (χ3n) is 4.17. The molecule has 0 atom stereocenters. The molecule has 0 aliphatic heterocycles. The Hall–Kier alpha value is -1.64. The van der Waals surface area contributed by atoms with Gasteiger partial charge in [-0.05, 0) is 32.9 Å². The van der Waals surface area contributed by atoms with E-state index >= 15 is 0 Å². The zero-order valence-corrected chi connectivity index (χ0v) is 12.6. The Morgan fingerprint density at radius 1 is 0.850 bits per heavy atom. The van der Waals surface area contributed by atoms with Crippen LogP contribution < -0.4 is 4.48 Å². The molecule has 2 heteroatoms. The predicted molar refractivity (Wildman–Crippen MR) is 86.3 cm³/mol. The highest BCUT2D eigenvalue weighted by molar-refractivity contribution is 5.64. The molecule has 0 spiro atoms. The molecule has 20 heavy (non-hydrogen) atoms. The Morgan fingerprint density at radius 3 is 1.65 bits per heavy atom. The van der Waals surface area contributed by atoms with Crippen LogP contribution in [0, 0.1) is 13.8 Å². The summed E-state index contributed by atoms with van der Waals surface area (Å²) in [6.45, 7) is 8.29.